The Labute approximate surface area is 116 Å². The zero-order valence-electron chi connectivity index (χ0n) is 11.2. The van der Waals surface area contributed by atoms with Crippen molar-refractivity contribution in [2.45, 2.75) is 13.3 Å². The molecule has 0 saturated carbocycles. The summed E-state index contributed by atoms with van der Waals surface area (Å²) >= 11 is 0. The van der Waals surface area contributed by atoms with E-state index in [-0.39, 0.29) is 5.91 Å². The lowest BCUT2D eigenvalue weighted by Gasteiger charge is -2.09. The van der Waals surface area contributed by atoms with Gasteiger partial charge in [-0.05, 0) is 25.1 Å². The molecule has 0 aliphatic heterocycles. The first-order valence-corrected chi connectivity index (χ1v) is 6.35. The summed E-state index contributed by atoms with van der Waals surface area (Å²) in [6, 6.07) is 4.99. The topological polar surface area (TPSA) is 106 Å². The third-order valence-electron chi connectivity index (χ3n) is 2.68. The standard InChI is InChI=1S/C13H17N5O2/c1-2-20-11-4-3-9(7-10(11)14)13(19)15-6-5-12-16-8-17-18-12/h3-4,7-8H,2,5-6,14H2,1H3,(H,15,19)(H,16,17,18). The van der Waals surface area contributed by atoms with E-state index in [1.54, 1.807) is 18.2 Å². The van der Waals surface area contributed by atoms with Gasteiger partial charge in [-0.1, -0.05) is 0 Å². The van der Waals surface area contributed by atoms with Crippen molar-refractivity contribution in [1.82, 2.24) is 20.5 Å². The number of ether oxygens (including phenoxy) is 1. The Morgan fingerprint density at radius 3 is 3.00 bits per heavy atom. The molecule has 1 heterocycles. The molecule has 1 aromatic carbocycles. The maximum absolute atomic E-state index is 11.9. The van der Waals surface area contributed by atoms with E-state index >= 15 is 0 Å². The monoisotopic (exact) mass is 275 g/mol. The molecule has 0 aliphatic carbocycles. The Kier molecular flexibility index (Phi) is 4.54. The number of nitrogens with two attached hydrogens (primary N) is 1. The Hall–Kier alpha value is -2.57. The normalized spacial score (nSPS) is 10.2. The first-order valence-electron chi connectivity index (χ1n) is 6.35. The van der Waals surface area contributed by atoms with Crippen molar-refractivity contribution in [3.05, 3.63) is 35.9 Å². The van der Waals surface area contributed by atoms with Gasteiger partial charge in [-0.2, -0.15) is 5.10 Å². The Bertz CT molecular complexity index is 568. The molecule has 0 radical (unpaired) electrons. The quantitative estimate of drug-likeness (QED) is 0.675. The molecule has 0 aliphatic rings. The van der Waals surface area contributed by atoms with Crippen LogP contribution in [0.3, 0.4) is 0 Å². The molecule has 0 fully saturated rings. The first kappa shape index (κ1) is 13.9. The minimum Gasteiger partial charge on any atom is -0.492 e. The summed E-state index contributed by atoms with van der Waals surface area (Å²) in [7, 11) is 0. The highest BCUT2D eigenvalue weighted by Gasteiger charge is 2.08. The Balaban J connectivity index is 1.90. The number of rotatable bonds is 6. The van der Waals surface area contributed by atoms with Gasteiger partial charge in [0.2, 0.25) is 0 Å². The van der Waals surface area contributed by atoms with Crippen molar-refractivity contribution < 1.29 is 9.53 Å². The van der Waals surface area contributed by atoms with Crippen molar-refractivity contribution in [2.75, 3.05) is 18.9 Å². The fourth-order valence-corrected chi connectivity index (χ4v) is 1.72. The van der Waals surface area contributed by atoms with Crippen LogP contribution in [0.5, 0.6) is 5.75 Å². The number of nitrogen functional groups attached to an aromatic ring is 1. The van der Waals surface area contributed by atoms with Crippen molar-refractivity contribution >= 4 is 11.6 Å². The van der Waals surface area contributed by atoms with E-state index in [0.29, 0.717) is 36.6 Å². The summed E-state index contributed by atoms with van der Waals surface area (Å²) in [6.45, 7) is 2.89. The zero-order chi connectivity index (χ0) is 14.4. The van der Waals surface area contributed by atoms with E-state index in [1.807, 2.05) is 6.92 Å². The van der Waals surface area contributed by atoms with E-state index in [0.717, 1.165) is 5.82 Å². The summed E-state index contributed by atoms with van der Waals surface area (Å²) in [5.74, 6) is 1.14. The van der Waals surface area contributed by atoms with Crippen LogP contribution in [0.1, 0.15) is 23.1 Å². The number of hydrogen-bond donors (Lipinski definition) is 3. The average molecular weight is 275 g/mol. The maximum atomic E-state index is 11.9. The van der Waals surface area contributed by atoms with Crippen LogP contribution in [0.2, 0.25) is 0 Å². The van der Waals surface area contributed by atoms with Gasteiger partial charge in [0, 0.05) is 18.5 Å². The molecule has 7 nitrogen and oxygen atoms in total. The largest absolute Gasteiger partial charge is 0.492 e. The van der Waals surface area contributed by atoms with Crippen molar-refractivity contribution in [3.63, 3.8) is 0 Å². The van der Waals surface area contributed by atoms with Gasteiger partial charge in [-0.3, -0.25) is 9.89 Å². The second-order valence-corrected chi connectivity index (χ2v) is 4.12. The number of amides is 1. The number of H-pyrrole nitrogens is 1. The molecule has 0 unspecified atom stereocenters. The SMILES string of the molecule is CCOc1ccc(C(=O)NCCc2ncn[nH]2)cc1N. The van der Waals surface area contributed by atoms with Crippen LogP contribution < -0.4 is 15.8 Å². The molecule has 4 N–H and O–H groups in total. The molecule has 0 spiro atoms. The number of nitrogens with zero attached hydrogens (tertiary/aromatic N) is 2. The summed E-state index contributed by atoms with van der Waals surface area (Å²) in [6.07, 6.45) is 2.03. The van der Waals surface area contributed by atoms with E-state index in [1.165, 1.54) is 6.33 Å². The number of aromatic amines is 1. The van der Waals surface area contributed by atoms with E-state index in [4.69, 9.17) is 10.5 Å². The third-order valence-corrected chi connectivity index (χ3v) is 2.68. The molecule has 0 atom stereocenters. The van der Waals surface area contributed by atoms with Crippen LogP contribution in [0.4, 0.5) is 5.69 Å². The molecule has 1 aromatic heterocycles. The summed E-state index contributed by atoms with van der Waals surface area (Å²) in [4.78, 5) is 15.9. The molecular formula is C13H17N5O2. The fraction of sp³-hybridized carbons (Fsp3) is 0.308. The lowest BCUT2D eigenvalue weighted by molar-refractivity contribution is 0.0954. The van der Waals surface area contributed by atoms with E-state index in [2.05, 4.69) is 20.5 Å². The van der Waals surface area contributed by atoms with Crippen LogP contribution >= 0.6 is 0 Å². The lowest BCUT2D eigenvalue weighted by Crippen LogP contribution is -2.26. The van der Waals surface area contributed by atoms with Crippen LogP contribution in [-0.4, -0.2) is 34.2 Å². The maximum Gasteiger partial charge on any atom is 0.251 e. The van der Waals surface area contributed by atoms with Gasteiger partial charge in [0.1, 0.15) is 17.9 Å². The van der Waals surface area contributed by atoms with Crippen LogP contribution in [0.25, 0.3) is 0 Å². The van der Waals surface area contributed by atoms with Gasteiger partial charge < -0.3 is 15.8 Å². The molecule has 0 bridgehead atoms. The van der Waals surface area contributed by atoms with Crippen molar-refractivity contribution in [2.24, 2.45) is 0 Å². The van der Waals surface area contributed by atoms with Gasteiger partial charge in [-0.25, -0.2) is 4.98 Å². The fourth-order valence-electron chi connectivity index (χ4n) is 1.72. The van der Waals surface area contributed by atoms with Gasteiger partial charge in [-0.15, -0.1) is 0 Å². The minimum absolute atomic E-state index is 0.181. The number of nitrogens with one attached hydrogen (secondary N) is 2. The van der Waals surface area contributed by atoms with E-state index < -0.39 is 0 Å². The average Bonchev–Trinajstić information content (AvgIpc) is 2.94. The Morgan fingerprint density at radius 1 is 1.50 bits per heavy atom. The lowest BCUT2D eigenvalue weighted by atomic mass is 10.1. The van der Waals surface area contributed by atoms with Gasteiger partial charge in [0.15, 0.2) is 0 Å². The first-order chi connectivity index (χ1) is 9.70. The van der Waals surface area contributed by atoms with Gasteiger partial charge >= 0.3 is 0 Å². The number of aromatic nitrogens is 3. The molecule has 106 valence electrons. The number of hydrogen-bond acceptors (Lipinski definition) is 5. The number of anilines is 1. The molecule has 1 amide bonds. The number of benzene rings is 1. The van der Waals surface area contributed by atoms with Crippen molar-refractivity contribution in [1.29, 1.82) is 0 Å². The van der Waals surface area contributed by atoms with Crippen molar-refractivity contribution in [3.8, 4) is 5.75 Å². The minimum atomic E-state index is -0.181. The van der Waals surface area contributed by atoms with Gasteiger partial charge in [0.25, 0.3) is 5.91 Å². The molecular weight excluding hydrogens is 258 g/mol. The van der Waals surface area contributed by atoms with E-state index in [9.17, 15) is 4.79 Å². The second kappa shape index (κ2) is 6.55. The third kappa shape index (κ3) is 3.47. The zero-order valence-corrected chi connectivity index (χ0v) is 11.2. The van der Waals surface area contributed by atoms with Crippen LogP contribution in [0.15, 0.2) is 24.5 Å². The Morgan fingerprint density at radius 2 is 2.35 bits per heavy atom. The summed E-state index contributed by atoms with van der Waals surface area (Å²) in [5.41, 5.74) is 6.78. The molecule has 2 aromatic rings. The highest BCUT2D eigenvalue weighted by atomic mass is 16.5. The molecule has 7 heteroatoms. The number of carbonyl (C=O) groups is 1. The predicted molar refractivity (Wildman–Crippen MR) is 74.4 cm³/mol. The summed E-state index contributed by atoms with van der Waals surface area (Å²) in [5, 5.41) is 9.26. The predicted octanol–water partition coefficient (Wildman–Crippen LogP) is 0.758. The smallest absolute Gasteiger partial charge is 0.251 e. The molecule has 20 heavy (non-hydrogen) atoms. The highest BCUT2D eigenvalue weighted by Crippen LogP contribution is 2.22. The number of carbonyl (C=O) groups excluding carboxylic acids is 1. The van der Waals surface area contributed by atoms with Gasteiger partial charge in [0.05, 0.1) is 12.3 Å². The summed E-state index contributed by atoms with van der Waals surface area (Å²) < 4.78 is 5.33. The van der Waals surface area contributed by atoms with Crippen LogP contribution in [0, 0.1) is 0 Å². The molecule has 0 saturated heterocycles. The molecule has 2 rings (SSSR count). The second-order valence-electron chi connectivity index (χ2n) is 4.12. The highest BCUT2D eigenvalue weighted by molar-refractivity contribution is 5.95. The van der Waals surface area contributed by atoms with Crippen LogP contribution in [-0.2, 0) is 6.42 Å².